The second-order valence-corrected chi connectivity index (χ2v) is 6.94. The van der Waals surface area contributed by atoms with Gasteiger partial charge in [-0.2, -0.15) is 0 Å². The highest BCUT2D eigenvalue weighted by molar-refractivity contribution is 5.99. The van der Waals surface area contributed by atoms with Gasteiger partial charge in [0.1, 0.15) is 5.39 Å². The van der Waals surface area contributed by atoms with E-state index in [-0.39, 0.29) is 22.7 Å². The fraction of sp³-hybridized carbons (Fsp3) is 0.143. The van der Waals surface area contributed by atoms with Gasteiger partial charge < -0.3 is 9.73 Å². The van der Waals surface area contributed by atoms with E-state index >= 15 is 0 Å². The molecule has 0 aliphatic rings. The van der Waals surface area contributed by atoms with Crippen LogP contribution >= 0.6 is 0 Å². The topological polar surface area (TPSA) is 112 Å². The van der Waals surface area contributed by atoms with E-state index in [4.69, 9.17) is 4.42 Å². The molecular formula is C21H18N4O5. The van der Waals surface area contributed by atoms with Crippen LogP contribution in [0.5, 0.6) is 0 Å². The first-order valence-electron chi connectivity index (χ1n) is 9.09. The molecular weight excluding hydrogens is 388 g/mol. The number of hydrogen-bond donors (Lipinski definition) is 1. The van der Waals surface area contributed by atoms with E-state index in [1.807, 2.05) is 31.2 Å². The van der Waals surface area contributed by atoms with Gasteiger partial charge in [-0.3, -0.25) is 24.0 Å². The van der Waals surface area contributed by atoms with Gasteiger partial charge in [-0.05, 0) is 24.1 Å². The Kier molecular flexibility index (Phi) is 4.50. The Balaban J connectivity index is 2.09. The van der Waals surface area contributed by atoms with Crippen molar-refractivity contribution < 1.29 is 9.34 Å². The molecule has 0 saturated heterocycles. The highest BCUT2D eigenvalue weighted by atomic mass is 16.6. The van der Waals surface area contributed by atoms with Gasteiger partial charge in [-0.1, -0.05) is 30.3 Å². The van der Waals surface area contributed by atoms with Gasteiger partial charge in [-0.15, -0.1) is 0 Å². The maximum absolute atomic E-state index is 13.0. The number of nitrogens with zero attached hydrogens (tertiary/aromatic N) is 3. The maximum atomic E-state index is 13.0. The van der Waals surface area contributed by atoms with Crippen molar-refractivity contribution in [3.63, 3.8) is 0 Å². The number of aromatic nitrogens is 2. The predicted molar refractivity (Wildman–Crippen MR) is 113 cm³/mol. The van der Waals surface area contributed by atoms with Crippen molar-refractivity contribution in [3.8, 4) is 11.1 Å². The van der Waals surface area contributed by atoms with Crippen molar-refractivity contribution in [1.29, 1.82) is 0 Å². The van der Waals surface area contributed by atoms with Crippen LogP contribution in [0.4, 0.5) is 17.3 Å². The minimum atomic E-state index is -0.545. The molecule has 0 amide bonds. The van der Waals surface area contributed by atoms with Crippen LogP contribution in [0, 0.1) is 17.0 Å². The Labute approximate surface area is 170 Å². The Morgan fingerprint density at radius 3 is 2.47 bits per heavy atom. The molecule has 9 heteroatoms. The second-order valence-electron chi connectivity index (χ2n) is 6.94. The fourth-order valence-corrected chi connectivity index (χ4v) is 3.39. The smallest absolute Gasteiger partial charge is 0.333 e. The van der Waals surface area contributed by atoms with Crippen LogP contribution in [-0.4, -0.2) is 14.1 Å². The molecule has 0 aliphatic heterocycles. The monoisotopic (exact) mass is 406 g/mol. The van der Waals surface area contributed by atoms with Crippen molar-refractivity contribution in [3.05, 3.63) is 85.0 Å². The summed E-state index contributed by atoms with van der Waals surface area (Å²) in [6.45, 7) is 1.91. The quantitative estimate of drug-likeness (QED) is 0.410. The van der Waals surface area contributed by atoms with Crippen molar-refractivity contribution >= 4 is 28.4 Å². The molecule has 2 aromatic carbocycles. The number of fused-ring (bicyclic) bond motifs is 1. The van der Waals surface area contributed by atoms with E-state index in [0.29, 0.717) is 11.1 Å². The lowest BCUT2D eigenvalue weighted by molar-refractivity contribution is -0.384. The average Bonchev–Trinajstić information content (AvgIpc) is 3.11. The Bertz CT molecular complexity index is 1430. The van der Waals surface area contributed by atoms with Crippen LogP contribution in [0.25, 0.3) is 22.2 Å². The zero-order valence-electron chi connectivity index (χ0n) is 16.5. The number of aryl methyl sites for hydroxylation is 2. The summed E-state index contributed by atoms with van der Waals surface area (Å²) in [7, 11) is 2.88. The van der Waals surface area contributed by atoms with Crippen LogP contribution < -0.4 is 16.6 Å². The number of nitro benzene ring substituents is 1. The molecule has 152 valence electrons. The van der Waals surface area contributed by atoms with E-state index in [2.05, 4.69) is 5.32 Å². The lowest BCUT2D eigenvalue weighted by atomic mass is 10.0. The SMILES string of the molecule is Cc1ccccc1Nc1oc2c(c1-c1cccc([N+](=O)[O-])c1)c(=O)n(C)c(=O)n2C. The van der Waals surface area contributed by atoms with Gasteiger partial charge in [0.2, 0.25) is 11.6 Å². The first kappa shape index (κ1) is 19.2. The number of benzene rings is 2. The zero-order valence-corrected chi connectivity index (χ0v) is 16.5. The summed E-state index contributed by atoms with van der Waals surface area (Å²) >= 11 is 0. The van der Waals surface area contributed by atoms with Crippen LogP contribution in [0.15, 0.2) is 62.5 Å². The van der Waals surface area contributed by atoms with Gasteiger partial charge in [0.15, 0.2) is 0 Å². The number of nitrogens with one attached hydrogen (secondary N) is 1. The number of para-hydroxylation sites is 1. The van der Waals surface area contributed by atoms with Crippen molar-refractivity contribution in [2.45, 2.75) is 6.92 Å². The summed E-state index contributed by atoms with van der Waals surface area (Å²) in [6.07, 6.45) is 0. The minimum absolute atomic E-state index is 0.0840. The molecule has 0 fully saturated rings. The van der Waals surface area contributed by atoms with Crippen molar-refractivity contribution in [2.24, 2.45) is 14.1 Å². The summed E-state index contributed by atoms with van der Waals surface area (Å²) < 4.78 is 8.15. The van der Waals surface area contributed by atoms with E-state index in [0.717, 1.165) is 15.8 Å². The number of nitro groups is 1. The summed E-state index contributed by atoms with van der Waals surface area (Å²) in [4.78, 5) is 36.1. The molecule has 1 N–H and O–H groups in total. The number of hydrogen-bond acceptors (Lipinski definition) is 6. The lowest BCUT2D eigenvalue weighted by Gasteiger charge is -2.09. The molecule has 0 bridgehead atoms. The third-order valence-electron chi connectivity index (χ3n) is 5.03. The normalized spacial score (nSPS) is 11.0. The largest absolute Gasteiger partial charge is 0.423 e. The molecule has 0 saturated carbocycles. The molecule has 4 aromatic rings. The van der Waals surface area contributed by atoms with Gasteiger partial charge >= 0.3 is 5.69 Å². The standard InChI is InChI=1S/C21H18N4O5/c1-12-7-4-5-10-15(12)22-18-16(13-8-6-9-14(11-13)25(28)29)17-19(26)23(2)21(27)24(3)20(17)30-18/h4-11,22H,1-3H3. The van der Waals surface area contributed by atoms with Crippen LogP contribution in [0.3, 0.4) is 0 Å². The number of non-ortho nitro benzene ring substituents is 1. The third kappa shape index (κ3) is 2.96. The number of anilines is 2. The second kappa shape index (κ2) is 7.03. The van der Waals surface area contributed by atoms with Crippen molar-refractivity contribution in [1.82, 2.24) is 9.13 Å². The molecule has 0 atom stereocenters. The van der Waals surface area contributed by atoms with Crippen LogP contribution in [-0.2, 0) is 14.1 Å². The third-order valence-corrected chi connectivity index (χ3v) is 5.03. The first-order chi connectivity index (χ1) is 14.3. The molecule has 30 heavy (non-hydrogen) atoms. The molecule has 0 aliphatic carbocycles. The van der Waals surface area contributed by atoms with Gasteiger partial charge in [0, 0.05) is 31.9 Å². The summed E-state index contributed by atoms with van der Waals surface area (Å²) in [5.74, 6) is 0.220. The molecule has 2 aromatic heterocycles. The van der Waals surface area contributed by atoms with Crippen LogP contribution in [0.1, 0.15) is 5.56 Å². The zero-order chi connectivity index (χ0) is 21.6. The van der Waals surface area contributed by atoms with Gasteiger partial charge in [0.05, 0.1) is 10.5 Å². The Morgan fingerprint density at radius 1 is 1.03 bits per heavy atom. The summed E-state index contributed by atoms with van der Waals surface area (Å²) in [6, 6.07) is 13.4. The molecule has 0 unspecified atom stereocenters. The molecule has 2 heterocycles. The molecule has 0 spiro atoms. The fourth-order valence-electron chi connectivity index (χ4n) is 3.39. The van der Waals surface area contributed by atoms with E-state index < -0.39 is 16.2 Å². The Morgan fingerprint density at radius 2 is 1.77 bits per heavy atom. The number of furan rings is 1. The van der Waals surface area contributed by atoms with E-state index in [9.17, 15) is 19.7 Å². The van der Waals surface area contributed by atoms with E-state index in [1.54, 1.807) is 6.07 Å². The average molecular weight is 406 g/mol. The Hall–Kier alpha value is -4.14. The molecule has 0 radical (unpaired) electrons. The predicted octanol–water partition coefficient (Wildman–Crippen LogP) is 3.46. The minimum Gasteiger partial charge on any atom is -0.423 e. The highest BCUT2D eigenvalue weighted by Crippen LogP contribution is 2.39. The lowest BCUT2D eigenvalue weighted by Crippen LogP contribution is -2.36. The van der Waals surface area contributed by atoms with E-state index in [1.165, 1.54) is 36.9 Å². The van der Waals surface area contributed by atoms with Gasteiger partial charge in [0.25, 0.3) is 11.2 Å². The van der Waals surface area contributed by atoms with Gasteiger partial charge in [-0.25, -0.2) is 4.79 Å². The molecule has 4 rings (SSSR count). The maximum Gasteiger partial charge on any atom is 0.333 e. The summed E-state index contributed by atoms with van der Waals surface area (Å²) in [5, 5.41) is 14.6. The highest BCUT2D eigenvalue weighted by Gasteiger charge is 2.24. The number of rotatable bonds is 4. The van der Waals surface area contributed by atoms with Crippen molar-refractivity contribution in [2.75, 3.05) is 5.32 Å². The summed E-state index contributed by atoms with van der Waals surface area (Å²) in [5.41, 5.74) is 1.34. The first-order valence-corrected chi connectivity index (χ1v) is 9.09. The van der Waals surface area contributed by atoms with Crippen LogP contribution in [0.2, 0.25) is 0 Å². The molecule has 9 nitrogen and oxygen atoms in total.